The van der Waals surface area contributed by atoms with Crippen LogP contribution in [-0.4, -0.2) is 4.98 Å². The fourth-order valence-electron chi connectivity index (χ4n) is 1.31. The molecule has 2 aromatic rings. The van der Waals surface area contributed by atoms with Gasteiger partial charge in [0, 0.05) is 17.5 Å². The van der Waals surface area contributed by atoms with Gasteiger partial charge in [-0.25, -0.2) is 0 Å². The largest absolute Gasteiger partial charge is 0.256 e. The highest BCUT2D eigenvalue weighted by atomic mass is 35.5. The first-order valence-electron chi connectivity index (χ1n) is 4.01. The van der Waals surface area contributed by atoms with Crippen LogP contribution in [0.3, 0.4) is 0 Å². The molecule has 0 radical (unpaired) electrons. The fraction of sp³-hybridized carbons (Fsp3) is 0.100. The molecule has 1 aromatic carbocycles. The second kappa shape index (κ2) is 3.93. The van der Waals surface area contributed by atoms with E-state index in [0.717, 1.165) is 16.5 Å². The van der Waals surface area contributed by atoms with Gasteiger partial charge in [0.2, 0.25) is 0 Å². The number of hydrogen-bond acceptors (Lipinski definition) is 1. The van der Waals surface area contributed by atoms with Crippen LogP contribution in [0.1, 0.15) is 5.56 Å². The summed E-state index contributed by atoms with van der Waals surface area (Å²) in [5, 5.41) is 1.99. The number of aromatic nitrogens is 1. The van der Waals surface area contributed by atoms with Crippen molar-refractivity contribution in [3.05, 3.63) is 40.0 Å². The van der Waals surface area contributed by atoms with Crippen LogP contribution in [0.5, 0.6) is 0 Å². The average molecular weight is 247 g/mol. The highest BCUT2D eigenvalue weighted by molar-refractivity contribution is 6.42. The van der Waals surface area contributed by atoms with Crippen LogP contribution in [0.2, 0.25) is 10.0 Å². The number of nitrogens with zero attached hydrogens (tertiary/aromatic N) is 1. The molecule has 0 saturated carbocycles. The number of halogens is 3. The number of hydrogen-bond donors (Lipinski definition) is 0. The molecular formula is C10H6Cl3N. The lowest BCUT2D eigenvalue weighted by atomic mass is 10.1. The average Bonchev–Trinajstić information content (AvgIpc) is 2.19. The predicted molar refractivity (Wildman–Crippen MR) is 61.3 cm³/mol. The van der Waals surface area contributed by atoms with E-state index in [-0.39, 0.29) is 0 Å². The minimum absolute atomic E-state index is 0.441. The molecule has 2 rings (SSSR count). The first-order valence-corrected chi connectivity index (χ1v) is 5.30. The van der Waals surface area contributed by atoms with Crippen LogP contribution in [0.4, 0.5) is 0 Å². The molecule has 1 nitrogen and oxygen atoms in total. The normalized spacial score (nSPS) is 10.8. The quantitative estimate of drug-likeness (QED) is 0.684. The standard InChI is InChI=1S/C10H6Cl3N/c11-5-6-1-2-14-10-4-9(13)8(12)3-7(6)10/h1-4H,5H2. The van der Waals surface area contributed by atoms with E-state index >= 15 is 0 Å². The number of pyridine rings is 1. The molecule has 0 unspecified atom stereocenters. The Labute approximate surface area is 96.6 Å². The third-order valence-electron chi connectivity index (χ3n) is 2.02. The van der Waals surface area contributed by atoms with Crippen molar-refractivity contribution in [1.29, 1.82) is 0 Å². The second-order valence-corrected chi connectivity index (χ2v) is 3.97. The molecule has 1 heterocycles. The van der Waals surface area contributed by atoms with E-state index in [4.69, 9.17) is 34.8 Å². The van der Waals surface area contributed by atoms with Crippen molar-refractivity contribution in [2.75, 3.05) is 0 Å². The van der Waals surface area contributed by atoms with Gasteiger partial charge >= 0.3 is 0 Å². The zero-order valence-electron chi connectivity index (χ0n) is 7.10. The number of rotatable bonds is 1. The van der Waals surface area contributed by atoms with Crippen LogP contribution < -0.4 is 0 Å². The van der Waals surface area contributed by atoms with Gasteiger partial charge in [-0.3, -0.25) is 4.98 Å². The summed E-state index contributed by atoms with van der Waals surface area (Å²) in [5.41, 5.74) is 1.83. The molecular weight excluding hydrogens is 240 g/mol. The maximum absolute atomic E-state index is 5.91. The van der Waals surface area contributed by atoms with Gasteiger partial charge in [-0.05, 0) is 23.8 Å². The van der Waals surface area contributed by atoms with Crippen molar-refractivity contribution in [1.82, 2.24) is 4.98 Å². The van der Waals surface area contributed by atoms with Crippen LogP contribution in [0.15, 0.2) is 24.4 Å². The van der Waals surface area contributed by atoms with E-state index in [9.17, 15) is 0 Å². The SMILES string of the molecule is ClCc1ccnc2cc(Cl)c(Cl)cc12. The summed E-state index contributed by atoms with van der Waals surface area (Å²) in [5.74, 6) is 0.441. The van der Waals surface area contributed by atoms with E-state index in [0.29, 0.717) is 15.9 Å². The zero-order chi connectivity index (χ0) is 10.1. The molecule has 14 heavy (non-hydrogen) atoms. The third-order valence-corrected chi connectivity index (χ3v) is 3.03. The van der Waals surface area contributed by atoms with Crippen molar-refractivity contribution in [3.8, 4) is 0 Å². The monoisotopic (exact) mass is 245 g/mol. The van der Waals surface area contributed by atoms with Gasteiger partial charge < -0.3 is 0 Å². The third kappa shape index (κ3) is 1.68. The molecule has 0 spiro atoms. The highest BCUT2D eigenvalue weighted by Crippen LogP contribution is 2.28. The van der Waals surface area contributed by atoms with Gasteiger partial charge in [0.05, 0.1) is 15.6 Å². The lowest BCUT2D eigenvalue weighted by Crippen LogP contribution is -1.85. The van der Waals surface area contributed by atoms with Crippen LogP contribution in [-0.2, 0) is 5.88 Å². The smallest absolute Gasteiger partial charge is 0.0721 e. The van der Waals surface area contributed by atoms with Gasteiger partial charge in [0.15, 0.2) is 0 Å². The zero-order valence-corrected chi connectivity index (χ0v) is 9.37. The number of benzene rings is 1. The molecule has 0 aliphatic heterocycles. The summed E-state index contributed by atoms with van der Waals surface area (Å²) < 4.78 is 0. The van der Waals surface area contributed by atoms with E-state index in [1.165, 1.54) is 0 Å². The highest BCUT2D eigenvalue weighted by Gasteiger charge is 2.05. The van der Waals surface area contributed by atoms with Crippen molar-refractivity contribution in [2.24, 2.45) is 0 Å². The van der Waals surface area contributed by atoms with Crippen LogP contribution in [0, 0.1) is 0 Å². The Morgan fingerprint density at radius 3 is 2.57 bits per heavy atom. The molecule has 0 N–H and O–H groups in total. The first-order chi connectivity index (χ1) is 6.72. The minimum Gasteiger partial charge on any atom is -0.256 e. The van der Waals surface area contributed by atoms with Crippen molar-refractivity contribution in [3.63, 3.8) is 0 Å². The van der Waals surface area contributed by atoms with Crippen LogP contribution >= 0.6 is 34.8 Å². The van der Waals surface area contributed by atoms with E-state index in [1.54, 1.807) is 18.3 Å². The van der Waals surface area contributed by atoms with Gasteiger partial charge in [0.25, 0.3) is 0 Å². The first kappa shape index (κ1) is 10.0. The lowest BCUT2D eigenvalue weighted by Gasteiger charge is -2.04. The van der Waals surface area contributed by atoms with Crippen molar-refractivity contribution in [2.45, 2.75) is 5.88 Å². The Balaban J connectivity index is 2.81. The molecule has 0 bridgehead atoms. The van der Waals surface area contributed by atoms with Gasteiger partial charge in [-0.15, -0.1) is 11.6 Å². The Morgan fingerprint density at radius 1 is 1.14 bits per heavy atom. The van der Waals surface area contributed by atoms with E-state index < -0.39 is 0 Å². The molecule has 0 atom stereocenters. The van der Waals surface area contributed by atoms with E-state index in [1.807, 2.05) is 6.07 Å². The van der Waals surface area contributed by atoms with Crippen molar-refractivity contribution < 1.29 is 0 Å². The summed E-state index contributed by atoms with van der Waals surface area (Å²) >= 11 is 17.6. The van der Waals surface area contributed by atoms with Gasteiger partial charge in [0.1, 0.15) is 0 Å². The molecule has 1 aromatic heterocycles. The summed E-state index contributed by atoms with van der Waals surface area (Å²) in [6, 6.07) is 5.42. The lowest BCUT2D eigenvalue weighted by molar-refractivity contribution is 1.34. The summed E-state index contributed by atoms with van der Waals surface area (Å²) in [6.07, 6.45) is 1.71. The van der Waals surface area contributed by atoms with Crippen molar-refractivity contribution >= 4 is 45.7 Å². The molecule has 0 aliphatic carbocycles. The molecule has 0 amide bonds. The van der Waals surface area contributed by atoms with E-state index in [2.05, 4.69) is 4.98 Å². The Bertz CT molecular complexity index is 482. The Hall–Kier alpha value is -0.500. The Kier molecular flexibility index (Phi) is 2.82. The maximum Gasteiger partial charge on any atom is 0.0721 e. The number of fused-ring (bicyclic) bond motifs is 1. The molecule has 0 fully saturated rings. The topological polar surface area (TPSA) is 12.9 Å². The molecule has 4 heteroatoms. The van der Waals surface area contributed by atoms with Gasteiger partial charge in [-0.1, -0.05) is 23.2 Å². The summed E-state index contributed by atoms with van der Waals surface area (Å²) in [7, 11) is 0. The minimum atomic E-state index is 0.441. The summed E-state index contributed by atoms with van der Waals surface area (Å²) in [6.45, 7) is 0. The van der Waals surface area contributed by atoms with Gasteiger partial charge in [-0.2, -0.15) is 0 Å². The fourth-order valence-corrected chi connectivity index (χ4v) is 1.87. The number of alkyl halides is 1. The maximum atomic E-state index is 5.91. The predicted octanol–water partition coefficient (Wildman–Crippen LogP) is 4.28. The molecule has 0 saturated heterocycles. The van der Waals surface area contributed by atoms with Crippen LogP contribution in [0.25, 0.3) is 10.9 Å². The Morgan fingerprint density at radius 2 is 1.86 bits per heavy atom. The molecule has 72 valence electrons. The molecule has 0 aliphatic rings. The second-order valence-electron chi connectivity index (χ2n) is 2.89. The summed E-state index contributed by atoms with van der Waals surface area (Å²) in [4.78, 5) is 4.19.